The number of esters is 2. The van der Waals surface area contributed by atoms with Crippen LogP contribution < -0.4 is 0 Å². The van der Waals surface area contributed by atoms with Gasteiger partial charge in [-0.3, -0.25) is 4.79 Å². The van der Waals surface area contributed by atoms with Gasteiger partial charge in [0, 0.05) is 17.9 Å². The zero-order valence-corrected chi connectivity index (χ0v) is 14.7. The lowest BCUT2D eigenvalue weighted by molar-refractivity contribution is -0.145. The molecule has 0 unspecified atom stereocenters. The minimum absolute atomic E-state index is 0.114. The predicted molar refractivity (Wildman–Crippen MR) is 91.8 cm³/mol. The maximum absolute atomic E-state index is 12.2. The minimum Gasteiger partial charge on any atom is -0.508 e. The van der Waals surface area contributed by atoms with Crippen LogP contribution in [0, 0.1) is 5.92 Å². The Morgan fingerprint density at radius 1 is 1.27 bits per heavy atom. The number of hydrogen-bond donors (Lipinski definition) is 2. The Morgan fingerprint density at radius 2 is 1.96 bits per heavy atom. The number of aliphatic hydroxyl groups is 1. The van der Waals surface area contributed by atoms with Crippen LogP contribution in [0.4, 0.5) is 0 Å². The second kappa shape index (κ2) is 9.05. The maximum atomic E-state index is 12.2. The number of hydrogen-bond acceptors (Lipinski definition) is 7. The summed E-state index contributed by atoms with van der Waals surface area (Å²) < 4.78 is 15.0. The molecular formula is C19H22O7. The number of phenols is 1. The van der Waals surface area contributed by atoms with E-state index in [9.17, 15) is 19.8 Å². The fourth-order valence-electron chi connectivity index (χ4n) is 2.70. The number of carbonyl (C=O) groups is 2. The Balaban J connectivity index is 1.97. The molecule has 0 aromatic heterocycles. The van der Waals surface area contributed by atoms with Crippen molar-refractivity contribution in [3.05, 3.63) is 53.3 Å². The smallest absolute Gasteiger partial charge is 0.337 e. The van der Waals surface area contributed by atoms with Crippen LogP contribution in [0.5, 0.6) is 5.75 Å². The van der Waals surface area contributed by atoms with E-state index < -0.39 is 24.1 Å². The van der Waals surface area contributed by atoms with Crippen LogP contribution in [0.1, 0.15) is 18.9 Å². The normalized spacial score (nSPS) is 20.9. The van der Waals surface area contributed by atoms with Crippen molar-refractivity contribution in [1.29, 1.82) is 0 Å². The van der Waals surface area contributed by atoms with Gasteiger partial charge in [-0.1, -0.05) is 18.2 Å². The molecule has 0 bridgehead atoms. The number of phenolic OH excluding ortho intramolecular Hbond substituents is 1. The van der Waals surface area contributed by atoms with Gasteiger partial charge in [0.05, 0.1) is 32.0 Å². The number of rotatable bonds is 6. The average Bonchev–Trinajstić information content (AvgIpc) is 2.63. The molecule has 7 heteroatoms. The van der Waals surface area contributed by atoms with E-state index in [4.69, 9.17) is 14.2 Å². The van der Waals surface area contributed by atoms with E-state index in [2.05, 4.69) is 0 Å². The predicted octanol–water partition coefficient (Wildman–Crippen LogP) is 1.84. The lowest BCUT2D eigenvalue weighted by Crippen LogP contribution is -2.31. The van der Waals surface area contributed by atoms with E-state index in [-0.39, 0.29) is 24.4 Å². The molecule has 26 heavy (non-hydrogen) atoms. The Hall–Kier alpha value is -2.80. The van der Waals surface area contributed by atoms with Crippen LogP contribution in [-0.4, -0.2) is 42.2 Å². The van der Waals surface area contributed by atoms with Gasteiger partial charge in [0.1, 0.15) is 5.75 Å². The first-order valence-electron chi connectivity index (χ1n) is 8.17. The average molecular weight is 362 g/mol. The van der Waals surface area contributed by atoms with Crippen LogP contribution in [-0.2, 0) is 30.2 Å². The van der Waals surface area contributed by atoms with Gasteiger partial charge in [0.25, 0.3) is 0 Å². The molecule has 1 aliphatic heterocycles. The number of benzene rings is 1. The molecule has 2 N–H and O–H groups in total. The van der Waals surface area contributed by atoms with Gasteiger partial charge in [-0.25, -0.2) is 4.79 Å². The largest absolute Gasteiger partial charge is 0.508 e. The van der Waals surface area contributed by atoms with Crippen LogP contribution in [0.25, 0.3) is 0 Å². The molecule has 0 radical (unpaired) electrons. The summed E-state index contributed by atoms with van der Waals surface area (Å²) in [5.74, 6) is -1.63. The summed E-state index contributed by atoms with van der Waals surface area (Å²) in [5, 5.41) is 19.2. The zero-order chi connectivity index (χ0) is 19.1. The molecule has 0 saturated carbocycles. The summed E-state index contributed by atoms with van der Waals surface area (Å²) >= 11 is 0. The molecular weight excluding hydrogens is 340 g/mol. The third kappa shape index (κ3) is 4.86. The Labute approximate surface area is 151 Å². The summed E-state index contributed by atoms with van der Waals surface area (Å²) in [7, 11) is 1.23. The Bertz CT molecular complexity index is 703. The van der Waals surface area contributed by atoms with E-state index in [1.807, 2.05) is 0 Å². The molecule has 0 aliphatic carbocycles. The van der Waals surface area contributed by atoms with Gasteiger partial charge >= 0.3 is 11.9 Å². The Kier molecular flexibility index (Phi) is 6.80. The highest BCUT2D eigenvalue weighted by atomic mass is 16.6. The van der Waals surface area contributed by atoms with Crippen molar-refractivity contribution in [3.63, 3.8) is 0 Å². The number of methoxy groups -OCH3 is 1. The van der Waals surface area contributed by atoms with Crippen LogP contribution in [0.3, 0.4) is 0 Å². The summed E-state index contributed by atoms with van der Waals surface area (Å²) in [6.07, 6.45) is 1.89. The third-order valence-corrected chi connectivity index (χ3v) is 4.10. The maximum Gasteiger partial charge on any atom is 0.337 e. The molecule has 0 amide bonds. The first-order valence-corrected chi connectivity index (χ1v) is 8.17. The SMILES string of the molecule is C/C=C1\[C@H](O)OC=C(C(=O)OC)[C@H]1CC(=O)OCCc1ccc(O)cc1. The summed E-state index contributed by atoms with van der Waals surface area (Å²) in [6.45, 7) is 1.85. The first-order chi connectivity index (χ1) is 12.5. The van der Waals surface area contributed by atoms with Gasteiger partial charge < -0.3 is 24.4 Å². The molecule has 7 nitrogen and oxygen atoms in total. The zero-order valence-electron chi connectivity index (χ0n) is 14.7. The lowest BCUT2D eigenvalue weighted by Gasteiger charge is -2.28. The summed E-state index contributed by atoms with van der Waals surface area (Å²) in [5.41, 5.74) is 1.48. The molecule has 1 aliphatic rings. The molecule has 0 spiro atoms. The number of carbonyl (C=O) groups excluding carboxylic acids is 2. The fraction of sp³-hybridized carbons (Fsp3) is 0.368. The van der Waals surface area contributed by atoms with Crippen molar-refractivity contribution in [2.45, 2.75) is 26.1 Å². The second-order valence-corrected chi connectivity index (χ2v) is 5.74. The highest BCUT2D eigenvalue weighted by Gasteiger charge is 2.35. The van der Waals surface area contributed by atoms with Gasteiger partial charge in [0.15, 0.2) is 0 Å². The molecule has 1 aromatic carbocycles. The van der Waals surface area contributed by atoms with Crippen molar-refractivity contribution in [2.24, 2.45) is 5.92 Å². The second-order valence-electron chi connectivity index (χ2n) is 5.74. The van der Waals surface area contributed by atoms with Crippen LogP contribution in [0.2, 0.25) is 0 Å². The molecule has 0 saturated heterocycles. The topological polar surface area (TPSA) is 102 Å². The van der Waals surface area contributed by atoms with Crippen molar-refractivity contribution in [3.8, 4) is 5.75 Å². The lowest BCUT2D eigenvalue weighted by atomic mass is 9.86. The van der Waals surface area contributed by atoms with E-state index >= 15 is 0 Å². The molecule has 1 aromatic rings. The monoisotopic (exact) mass is 362 g/mol. The third-order valence-electron chi connectivity index (χ3n) is 4.10. The van der Waals surface area contributed by atoms with E-state index in [1.54, 1.807) is 37.3 Å². The molecule has 1 heterocycles. The molecule has 0 fully saturated rings. The number of aliphatic hydroxyl groups excluding tert-OH is 1. The molecule has 2 atom stereocenters. The minimum atomic E-state index is -1.22. The fourth-order valence-corrected chi connectivity index (χ4v) is 2.70. The Morgan fingerprint density at radius 3 is 2.58 bits per heavy atom. The van der Waals surface area contributed by atoms with Crippen molar-refractivity contribution >= 4 is 11.9 Å². The highest BCUT2D eigenvalue weighted by Crippen LogP contribution is 2.32. The first kappa shape index (κ1) is 19.5. The van der Waals surface area contributed by atoms with Gasteiger partial charge in [-0.15, -0.1) is 0 Å². The van der Waals surface area contributed by atoms with Crippen LogP contribution >= 0.6 is 0 Å². The number of aromatic hydroxyl groups is 1. The highest BCUT2D eigenvalue weighted by molar-refractivity contribution is 5.90. The van der Waals surface area contributed by atoms with E-state index in [0.29, 0.717) is 12.0 Å². The van der Waals surface area contributed by atoms with Gasteiger partial charge in [0.2, 0.25) is 6.29 Å². The van der Waals surface area contributed by atoms with E-state index in [0.717, 1.165) is 11.8 Å². The standard InChI is InChI=1S/C19H22O7/c1-3-14-15(16(18(22)24-2)11-26-19(14)23)10-17(21)25-9-8-12-4-6-13(20)7-5-12/h3-7,11,15,19-20,23H,8-10H2,1-2H3/b14-3-/t15-,19+/m0/s1. The number of ether oxygens (including phenoxy) is 3. The van der Waals surface area contributed by atoms with Crippen molar-refractivity contribution in [2.75, 3.05) is 13.7 Å². The summed E-state index contributed by atoms with van der Waals surface area (Å²) in [6, 6.07) is 6.61. The van der Waals surface area contributed by atoms with Crippen LogP contribution in [0.15, 0.2) is 47.7 Å². The quantitative estimate of drug-likeness (QED) is 0.588. The summed E-state index contributed by atoms with van der Waals surface area (Å²) in [4.78, 5) is 24.1. The van der Waals surface area contributed by atoms with Gasteiger partial charge in [-0.05, 0) is 24.6 Å². The van der Waals surface area contributed by atoms with Crippen molar-refractivity contribution < 1.29 is 34.0 Å². The number of allylic oxidation sites excluding steroid dienone is 1. The molecule has 2 rings (SSSR count). The van der Waals surface area contributed by atoms with E-state index in [1.165, 1.54) is 7.11 Å². The molecule has 140 valence electrons. The van der Waals surface area contributed by atoms with Gasteiger partial charge in [-0.2, -0.15) is 0 Å². The van der Waals surface area contributed by atoms with Crippen molar-refractivity contribution in [1.82, 2.24) is 0 Å².